The third-order valence-corrected chi connectivity index (χ3v) is 4.00. The number of carbonyl (C=O) groups excluding carboxylic acids is 1. The molecule has 126 valence electrons. The predicted octanol–water partition coefficient (Wildman–Crippen LogP) is 4.53. The Balaban J connectivity index is 3.74. The van der Waals surface area contributed by atoms with Crippen LogP contribution >= 0.6 is 0 Å². The molecule has 0 aliphatic carbocycles. The molecule has 0 unspecified atom stereocenters. The maximum absolute atomic E-state index is 12.1. The molecule has 0 aromatic carbocycles. The molecule has 0 saturated carbocycles. The van der Waals surface area contributed by atoms with Crippen molar-refractivity contribution in [1.82, 2.24) is 4.90 Å². The zero-order valence-corrected chi connectivity index (χ0v) is 14.4. The number of hydrogen-bond donors (Lipinski definition) is 1. The lowest BCUT2D eigenvalue weighted by atomic mass is 10.1. The Bertz CT molecular complexity index is 231. The molecule has 0 aromatic rings. The summed E-state index contributed by atoms with van der Waals surface area (Å²) in [7, 11) is 0. The first-order chi connectivity index (χ1) is 10.3. The summed E-state index contributed by atoms with van der Waals surface area (Å²) in [5.74, 6) is 0.231. The fraction of sp³-hybridized carbons (Fsp3) is 0.944. The number of rotatable bonds is 15. The van der Waals surface area contributed by atoms with Crippen LogP contribution in [0.25, 0.3) is 0 Å². The normalized spacial score (nSPS) is 10.8. The molecule has 1 amide bonds. The van der Waals surface area contributed by atoms with Crippen molar-refractivity contribution in [3.63, 3.8) is 0 Å². The molecule has 1 N–H and O–H groups in total. The van der Waals surface area contributed by atoms with Gasteiger partial charge in [-0.05, 0) is 12.8 Å². The Morgan fingerprint density at radius 1 is 0.762 bits per heavy atom. The van der Waals surface area contributed by atoms with E-state index >= 15 is 0 Å². The Morgan fingerprint density at radius 2 is 1.29 bits per heavy atom. The molecule has 0 aromatic heterocycles. The van der Waals surface area contributed by atoms with Gasteiger partial charge in [0.05, 0.1) is 6.61 Å². The van der Waals surface area contributed by atoms with Gasteiger partial charge in [-0.25, -0.2) is 0 Å². The monoisotopic (exact) mass is 299 g/mol. The smallest absolute Gasteiger partial charge is 0.222 e. The highest BCUT2D eigenvalue weighted by molar-refractivity contribution is 5.76. The fourth-order valence-corrected chi connectivity index (χ4v) is 2.60. The average molecular weight is 299 g/mol. The maximum Gasteiger partial charge on any atom is 0.222 e. The van der Waals surface area contributed by atoms with Crippen LogP contribution in [0.15, 0.2) is 0 Å². The molecule has 0 saturated heterocycles. The van der Waals surface area contributed by atoms with Crippen molar-refractivity contribution < 1.29 is 9.90 Å². The van der Waals surface area contributed by atoms with Crippen LogP contribution in [-0.2, 0) is 4.79 Å². The Morgan fingerprint density at radius 3 is 1.86 bits per heavy atom. The third kappa shape index (κ3) is 12.9. The van der Waals surface area contributed by atoms with E-state index < -0.39 is 0 Å². The second-order valence-electron chi connectivity index (χ2n) is 6.04. The molecule has 0 rings (SSSR count). The largest absolute Gasteiger partial charge is 0.395 e. The summed E-state index contributed by atoms with van der Waals surface area (Å²) in [5.41, 5.74) is 0. The Hall–Kier alpha value is -0.570. The van der Waals surface area contributed by atoms with Crippen LogP contribution in [0.5, 0.6) is 0 Å². The summed E-state index contributed by atoms with van der Waals surface area (Å²) in [5, 5.41) is 9.11. The van der Waals surface area contributed by atoms with Crippen LogP contribution in [0, 0.1) is 0 Å². The van der Waals surface area contributed by atoms with Gasteiger partial charge < -0.3 is 10.0 Å². The van der Waals surface area contributed by atoms with Crippen molar-refractivity contribution in [2.24, 2.45) is 0 Å². The molecule has 0 atom stereocenters. The predicted molar refractivity (Wildman–Crippen MR) is 90.4 cm³/mol. The summed E-state index contributed by atoms with van der Waals surface area (Å²) in [6.45, 7) is 5.83. The van der Waals surface area contributed by atoms with Crippen LogP contribution in [0.1, 0.15) is 90.9 Å². The van der Waals surface area contributed by atoms with E-state index in [4.69, 9.17) is 5.11 Å². The van der Waals surface area contributed by atoms with E-state index in [1.807, 2.05) is 4.90 Å². The van der Waals surface area contributed by atoms with E-state index in [-0.39, 0.29) is 12.5 Å². The summed E-state index contributed by atoms with van der Waals surface area (Å²) in [4.78, 5) is 14.0. The van der Waals surface area contributed by atoms with Crippen LogP contribution < -0.4 is 0 Å². The molecule has 0 spiro atoms. The van der Waals surface area contributed by atoms with Crippen molar-refractivity contribution in [1.29, 1.82) is 0 Å². The van der Waals surface area contributed by atoms with E-state index in [1.165, 1.54) is 51.4 Å². The molecular weight excluding hydrogens is 262 g/mol. The summed E-state index contributed by atoms with van der Waals surface area (Å²) < 4.78 is 0. The quantitative estimate of drug-likeness (QED) is 0.451. The van der Waals surface area contributed by atoms with Gasteiger partial charge in [-0.15, -0.1) is 0 Å². The summed E-state index contributed by atoms with van der Waals surface area (Å²) in [6.07, 6.45) is 14.0. The van der Waals surface area contributed by atoms with Gasteiger partial charge in [-0.3, -0.25) is 4.79 Å². The molecular formula is C18H37NO2. The molecule has 0 aliphatic rings. The first kappa shape index (κ1) is 20.4. The first-order valence-electron chi connectivity index (χ1n) is 9.14. The van der Waals surface area contributed by atoms with Crippen molar-refractivity contribution in [3.8, 4) is 0 Å². The third-order valence-electron chi connectivity index (χ3n) is 4.00. The van der Waals surface area contributed by atoms with E-state index in [0.29, 0.717) is 13.0 Å². The number of amides is 1. The van der Waals surface area contributed by atoms with Gasteiger partial charge in [0.2, 0.25) is 5.91 Å². The number of nitrogens with zero attached hydrogens (tertiary/aromatic N) is 1. The van der Waals surface area contributed by atoms with Crippen LogP contribution in [0.4, 0.5) is 0 Å². The summed E-state index contributed by atoms with van der Waals surface area (Å²) in [6, 6.07) is 0. The molecule has 0 bridgehead atoms. The van der Waals surface area contributed by atoms with Crippen molar-refractivity contribution >= 4 is 5.91 Å². The van der Waals surface area contributed by atoms with Crippen molar-refractivity contribution in [3.05, 3.63) is 0 Å². The molecule has 3 heteroatoms. The number of hydrogen-bond acceptors (Lipinski definition) is 2. The van der Waals surface area contributed by atoms with Crippen molar-refractivity contribution in [2.75, 3.05) is 19.7 Å². The van der Waals surface area contributed by atoms with Crippen LogP contribution in [0.3, 0.4) is 0 Å². The Labute approximate surface area is 132 Å². The van der Waals surface area contributed by atoms with Gasteiger partial charge in [-0.1, -0.05) is 71.6 Å². The molecule has 0 fully saturated rings. The highest BCUT2D eigenvalue weighted by Gasteiger charge is 2.11. The molecule has 0 heterocycles. The SMILES string of the molecule is CCCCCCCCN(CCO)C(=O)CCCCCCC. The second kappa shape index (κ2) is 15.8. The average Bonchev–Trinajstić information content (AvgIpc) is 2.49. The minimum absolute atomic E-state index is 0.0808. The zero-order chi connectivity index (χ0) is 15.8. The van der Waals surface area contributed by atoms with Gasteiger partial charge >= 0.3 is 0 Å². The summed E-state index contributed by atoms with van der Waals surface area (Å²) >= 11 is 0. The van der Waals surface area contributed by atoms with Crippen molar-refractivity contribution in [2.45, 2.75) is 90.9 Å². The molecule has 0 radical (unpaired) electrons. The lowest BCUT2D eigenvalue weighted by Crippen LogP contribution is -2.34. The van der Waals surface area contributed by atoms with Crippen LogP contribution in [0.2, 0.25) is 0 Å². The Kier molecular flexibility index (Phi) is 15.4. The highest BCUT2D eigenvalue weighted by atomic mass is 16.3. The van der Waals surface area contributed by atoms with Gasteiger partial charge in [0, 0.05) is 19.5 Å². The molecule has 3 nitrogen and oxygen atoms in total. The van der Waals surface area contributed by atoms with Gasteiger partial charge in [0.15, 0.2) is 0 Å². The number of unbranched alkanes of at least 4 members (excludes halogenated alkanes) is 9. The maximum atomic E-state index is 12.1. The lowest BCUT2D eigenvalue weighted by molar-refractivity contribution is -0.131. The first-order valence-corrected chi connectivity index (χ1v) is 9.14. The van der Waals surface area contributed by atoms with E-state index in [1.54, 1.807) is 0 Å². The minimum Gasteiger partial charge on any atom is -0.395 e. The molecule has 0 aliphatic heterocycles. The number of aliphatic hydroxyl groups is 1. The zero-order valence-electron chi connectivity index (χ0n) is 14.4. The van der Waals surface area contributed by atoms with E-state index in [0.717, 1.165) is 25.8 Å². The minimum atomic E-state index is 0.0808. The van der Waals surface area contributed by atoms with Crippen LogP contribution in [-0.4, -0.2) is 35.6 Å². The fourth-order valence-electron chi connectivity index (χ4n) is 2.60. The number of carbonyl (C=O) groups is 1. The standard InChI is InChI=1S/C18H37NO2/c1-3-5-7-9-11-13-15-19(16-17-20)18(21)14-12-10-8-6-4-2/h20H,3-17H2,1-2H3. The highest BCUT2D eigenvalue weighted by Crippen LogP contribution is 2.09. The topological polar surface area (TPSA) is 40.5 Å². The van der Waals surface area contributed by atoms with Gasteiger partial charge in [0.25, 0.3) is 0 Å². The van der Waals surface area contributed by atoms with Gasteiger partial charge in [0.1, 0.15) is 0 Å². The van der Waals surface area contributed by atoms with E-state index in [2.05, 4.69) is 13.8 Å². The number of aliphatic hydroxyl groups excluding tert-OH is 1. The van der Waals surface area contributed by atoms with Gasteiger partial charge in [-0.2, -0.15) is 0 Å². The molecule has 21 heavy (non-hydrogen) atoms. The second-order valence-corrected chi connectivity index (χ2v) is 6.04. The van der Waals surface area contributed by atoms with E-state index in [9.17, 15) is 4.79 Å². The lowest BCUT2D eigenvalue weighted by Gasteiger charge is -2.21.